The smallest absolute Gasteiger partial charge is 0.0955 e. The molecule has 2 nitrogen and oxygen atoms in total. The molecule has 0 bridgehead atoms. The molecule has 0 aromatic heterocycles. The van der Waals surface area contributed by atoms with E-state index in [9.17, 15) is 0 Å². The molecular weight excluding hydrogens is 196 g/mol. The van der Waals surface area contributed by atoms with Gasteiger partial charge < -0.3 is 4.90 Å². The fourth-order valence-corrected chi connectivity index (χ4v) is 2.77. The summed E-state index contributed by atoms with van der Waals surface area (Å²) < 4.78 is 0. The molecule has 0 saturated heterocycles. The van der Waals surface area contributed by atoms with Crippen molar-refractivity contribution >= 4 is 5.71 Å². The number of allylic oxidation sites excluding steroid dienone is 1. The predicted octanol–water partition coefficient (Wildman–Crippen LogP) is 3.10. The SMILES string of the molecule is CC(C)C1=CN2C=CC3(C)C=CC(=N1)C23C. The van der Waals surface area contributed by atoms with Gasteiger partial charge in [-0.3, -0.25) is 4.99 Å². The van der Waals surface area contributed by atoms with Gasteiger partial charge in [-0.1, -0.05) is 26.0 Å². The van der Waals surface area contributed by atoms with Gasteiger partial charge in [0.25, 0.3) is 0 Å². The highest BCUT2D eigenvalue weighted by Crippen LogP contribution is 2.51. The van der Waals surface area contributed by atoms with Crippen LogP contribution in [0.1, 0.15) is 27.7 Å². The minimum Gasteiger partial charge on any atom is -0.340 e. The molecule has 0 aromatic carbocycles. The first-order valence-electron chi connectivity index (χ1n) is 5.95. The van der Waals surface area contributed by atoms with E-state index in [1.54, 1.807) is 0 Å². The Morgan fingerprint density at radius 3 is 2.69 bits per heavy atom. The van der Waals surface area contributed by atoms with Gasteiger partial charge in [0, 0.05) is 17.8 Å². The first-order chi connectivity index (χ1) is 7.47. The Labute approximate surface area is 97.1 Å². The Hall–Kier alpha value is -1.31. The third kappa shape index (κ3) is 0.909. The van der Waals surface area contributed by atoms with E-state index < -0.39 is 0 Å². The van der Waals surface area contributed by atoms with Crippen LogP contribution in [0.25, 0.3) is 0 Å². The molecule has 2 heterocycles. The number of aliphatic imine (C=N–C) groups is 1. The van der Waals surface area contributed by atoms with Crippen molar-refractivity contribution in [1.82, 2.24) is 4.90 Å². The Morgan fingerprint density at radius 1 is 1.25 bits per heavy atom. The van der Waals surface area contributed by atoms with Crippen LogP contribution >= 0.6 is 0 Å². The van der Waals surface area contributed by atoms with E-state index in [0.29, 0.717) is 5.92 Å². The Bertz CT molecular complexity index is 467. The first kappa shape index (κ1) is 9.88. The highest BCUT2D eigenvalue weighted by molar-refractivity contribution is 6.08. The van der Waals surface area contributed by atoms with Gasteiger partial charge in [-0.2, -0.15) is 0 Å². The molecule has 0 fully saturated rings. The molecule has 2 heteroatoms. The molecule has 3 rings (SSSR count). The molecule has 0 spiro atoms. The van der Waals surface area contributed by atoms with Gasteiger partial charge in [0.2, 0.25) is 0 Å². The summed E-state index contributed by atoms with van der Waals surface area (Å²) in [4.78, 5) is 7.13. The van der Waals surface area contributed by atoms with Crippen LogP contribution in [-0.2, 0) is 0 Å². The summed E-state index contributed by atoms with van der Waals surface area (Å²) in [6.45, 7) is 8.93. The lowest BCUT2D eigenvalue weighted by atomic mass is 9.75. The Kier molecular flexibility index (Phi) is 1.65. The molecule has 0 amide bonds. The molecule has 0 N–H and O–H groups in total. The van der Waals surface area contributed by atoms with E-state index in [2.05, 4.69) is 63.2 Å². The average Bonchev–Trinajstić information content (AvgIpc) is 2.64. The molecule has 16 heavy (non-hydrogen) atoms. The van der Waals surface area contributed by atoms with Crippen molar-refractivity contribution in [2.75, 3.05) is 0 Å². The second-order valence-electron chi connectivity index (χ2n) is 5.62. The topological polar surface area (TPSA) is 15.6 Å². The standard InChI is InChI=1S/C14H18N2/c1-10(2)11-9-16-8-7-13(3)6-5-12(15-11)14(13,16)4/h5-10H,1-4H3. The van der Waals surface area contributed by atoms with Gasteiger partial charge in [-0.05, 0) is 25.8 Å². The lowest BCUT2D eigenvalue weighted by molar-refractivity contribution is 0.237. The van der Waals surface area contributed by atoms with Crippen molar-refractivity contribution < 1.29 is 0 Å². The molecule has 84 valence electrons. The van der Waals surface area contributed by atoms with Crippen LogP contribution in [0.3, 0.4) is 0 Å². The molecule has 0 aromatic rings. The van der Waals surface area contributed by atoms with Crippen molar-refractivity contribution in [2.45, 2.75) is 33.2 Å². The number of nitrogens with zero attached hydrogens (tertiary/aromatic N) is 2. The molecule has 2 aliphatic heterocycles. The van der Waals surface area contributed by atoms with Crippen molar-refractivity contribution in [2.24, 2.45) is 16.3 Å². The van der Waals surface area contributed by atoms with Crippen LogP contribution in [0.5, 0.6) is 0 Å². The van der Waals surface area contributed by atoms with E-state index in [-0.39, 0.29) is 11.0 Å². The van der Waals surface area contributed by atoms with Gasteiger partial charge in [0.15, 0.2) is 0 Å². The minimum atomic E-state index is 0.00535. The van der Waals surface area contributed by atoms with Crippen molar-refractivity contribution in [3.63, 3.8) is 0 Å². The normalized spacial score (nSPS) is 39.2. The fourth-order valence-electron chi connectivity index (χ4n) is 2.77. The van der Waals surface area contributed by atoms with Crippen LogP contribution in [0.2, 0.25) is 0 Å². The quantitative estimate of drug-likeness (QED) is 0.655. The van der Waals surface area contributed by atoms with Gasteiger partial charge >= 0.3 is 0 Å². The summed E-state index contributed by atoms with van der Waals surface area (Å²) in [6, 6.07) is 0. The summed E-state index contributed by atoms with van der Waals surface area (Å²) >= 11 is 0. The number of hydrogen-bond donors (Lipinski definition) is 0. The second kappa shape index (κ2) is 2.68. The molecule has 1 aliphatic carbocycles. The number of rotatable bonds is 1. The maximum Gasteiger partial charge on any atom is 0.0955 e. The average molecular weight is 214 g/mol. The lowest BCUT2D eigenvalue weighted by Crippen LogP contribution is -2.52. The van der Waals surface area contributed by atoms with Crippen LogP contribution in [0.4, 0.5) is 0 Å². The van der Waals surface area contributed by atoms with Crippen molar-refractivity contribution in [3.8, 4) is 0 Å². The highest BCUT2D eigenvalue weighted by atomic mass is 15.2. The van der Waals surface area contributed by atoms with Gasteiger partial charge in [0.1, 0.15) is 0 Å². The zero-order valence-corrected chi connectivity index (χ0v) is 10.4. The zero-order chi connectivity index (χ0) is 11.6. The summed E-state index contributed by atoms with van der Waals surface area (Å²) in [5.41, 5.74) is 2.48. The van der Waals surface area contributed by atoms with E-state index in [4.69, 9.17) is 4.99 Å². The largest absolute Gasteiger partial charge is 0.340 e. The van der Waals surface area contributed by atoms with E-state index in [1.165, 1.54) is 11.4 Å². The summed E-state index contributed by atoms with van der Waals surface area (Å²) in [5, 5.41) is 0. The van der Waals surface area contributed by atoms with Crippen LogP contribution in [-0.4, -0.2) is 16.2 Å². The zero-order valence-electron chi connectivity index (χ0n) is 10.4. The van der Waals surface area contributed by atoms with Crippen LogP contribution in [0.15, 0.2) is 41.3 Å². The van der Waals surface area contributed by atoms with Crippen molar-refractivity contribution in [3.05, 3.63) is 36.3 Å². The number of hydrogen-bond acceptors (Lipinski definition) is 2. The highest BCUT2D eigenvalue weighted by Gasteiger charge is 2.55. The van der Waals surface area contributed by atoms with E-state index in [0.717, 1.165) is 0 Å². The first-order valence-corrected chi connectivity index (χ1v) is 5.95. The third-order valence-electron chi connectivity index (χ3n) is 4.35. The van der Waals surface area contributed by atoms with Crippen molar-refractivity contribution in [1.29, 1.82) is 0 Å². The monoisotopic (exact) mass is 214 g/mol. The molecule has 0 radical (unpaired) electrons. The van der Waals surface area contributed by atoms with E-state index >= 15 is 0 Å². The predicted molar refractivity (Wildman–Crippen MR) is 67.0 cm³/mol. The van der Waals surface area contributed by atoms with Gasteiger partial charge in [-0.15, -0.1) is 0 Å². The van der Waals surface area contributed by atoms with Gasteiger partial charge in [-0.25, -0.2) is 0 Å². The molecular formula is C14H18N2. The molecule has 0 saturated carbocycles. The summed E-state index contributed by atoms with van der Waals surface area (Å²) in [6.07, 6.45) is 11.1. The minimum absolute atomic E-state index is 0.00535. The third-order valence-corrected chi connectivity index (χ3v) is 4.35. The van der Waals surface area contributed by atoms with Crippen LogP contribution in [0, 0.1) is 11.3 Å². The maximum absolute atomic E-state index is 4.81. The Balaban J connectivity index is 2.16. The van der Waals surface area contributed by atoms with E-state index in [1.807, 2.05) is 0 Å². The van der Waals surface area contributed by atoms with Crippen LogP contribution < -0.4 is 0 Å². The van der Waals surface area contributed by atoms with Gasteiger partial charge in [0.05, 0.1) is 16.9 Å². The fraction of sp³-hybridized carbons (Fsp3) is 0.500. The lowest BCUT2D eigenvalue weighted by Gasteiger charge is -2.43. The summed E-state index contributed by atoms with van der Waals surface area (Å²) in [5.74, 6) is 0.478. The second-order valence-corrected chi connectivity index (χ2v) is 5.62. The Morgan fingerprint density at radius 2 is 2.00 bits per heavy atom. The summed E-state index contributed by atoms with van der Waals surface area (Å²) in [7, 11) is 0. The molecule has 2 atom stereocenters. The molecule has 2 unspecified atom stereocenters. The molecule has 3 aliphatic rings. The maximum atomic E-state index is 4.81.